The number of aliphatic hydroxyl groups is 1. The summed E-state index contributed by atoms with van der Waals surface area (Å²) in [5.41, 5.74) is 1.03. The van der Waals surface area contributed by atoms with E-state index in [0.717, 1.165) is 25.2 Å². The lowest BCUT2D eigenvalue weighted by Crippen LogP contribution is -2.34. The molecular weight excluding hydrogens is 217 g/mol. The summed E-state index contributed by atoms with van der Waals surface area (Å²) < 4.78 is 12.8. The van der Waals surface area contributed by atoms with Gasteiger partial charge in [-0.2, -0.15) is 0 Å². The van der Waals surface area contributed by atoms with Crippen molar-refractivity contribution in [3.63, 3.8) is 0 Å². The molecule has 0 saturated carbocycles. The quantitative estimate of drug-likeness (QED) is 0.869. The van der Waals surface area contributed by atoms with Crippen LogP contribution in [-0.2, 0) is 0 Å². The normalized spacial score (nSPS) is 19.2. The number of rotatable bonds is 4. The summed E-state index contributed by atoms with van der Waals surface area (Å²) in [5, 5.41) is 9.46. The summed E-state index contributed by atoms with van der Waals surface area (Å²) in [6.45, 7) is 3.25. The number of nitrogens with zero attached hydrogens (tertiary/aromatic N) is 1. The molecule has 1 aromatic rings. The van der Waals surface area contributed by atoms with Gasteiger partial charge in [0, 0.05) is 12.5 Å². The molecule has 1 heterocycles. The van der Waals surface area contributed by atoms with Crippen molar-refractivity contribution >= 4 is 0 Å². The molecule has 1 fully saturated rings. The Bertz CT molecular complexity index is 333. The molecule has 2 nitrogen and oxygen atoms in total. The first-order valence-corrected chi connectivity index (χ1v) is 6.38. The maximum atomic E-state index is 12.8. The van der Waals surface area contributed by atoms with Gasteiger partial charge in [0.05, 0.1) is 6.61 Å². The third-order valence-corrected chi connectivity index (χ3v) is 3.49. The van der Waals surface area contributed by atoms with Crippen LogP contribution >= 0.6 is 0 Å². The SMILES string of the molecule is OCC(CN1CCCCC1)c1ccc(F)cc1. The Kier molecular flexibility index (Phi) is 4.51. The first kappa shape index (κ1) is 12.5. The van der Waals surface area contributed by atoms with Gasteiger partial charge in [0.2, 0.25) is 0 Å². The van der Waals surface area contributed by atoms with Crippen LogP contribution in [0.25, 0.3) is 0 Å². The van der Waals surface area contributed by atoms with Crippen LogP contribution in [0.2, 0.25) is 0 Å². The zero-order chi connectivity index (χ0) is 12.1. The maximum absolute atomic E-state index is 12.8. The summed E-state index contributed by atoms with van der Waals surface area (Å²) in [6.07, 6.45) is 3.82. The Hall–Kier alpha value is -0.930. The van der Waals surface area contributed by atoms with E-state index in [9.17, 15) is 9.50 Å². The first-order chi connectivity index (χ1) is 8.29. The molecule has 1 atom stereocenters. The minimum atomic E-state index is -0.219. The Morgan fingerprint density at radius 2 is 1.76 bits per heavy atom. The van der Waals surface area contributed by atoms with Crippen molar-refractivity contribution in [2.75, 3.05) is 26.2 Å². The van der Waals surface area contributed by atoms with Crippen LogP contribution in [-0.4, -0.2) is 36.2 Å². The van der Waals surface area contributed by atoms with E-state index in [2.05, 4.69) is 4.90 Å². The van der Waals surface area contributed by atoms with Gasteiger partial charge in [0.15, 0.2) is 0 Å². The number of benzene rings is 1. The molecule has 17 heavy (non-hydrogen) atoms. The molecule has 0 aliphatic carbocycles. The summed E-state index contributed by atoms with van der Waals surface area (Å²) >= 11 is 0. The van der Waals surface area contributed by atoms with Crippen LogP contribution in [0, 0.1) is 5.82 Å². The second-order valence-corrected chi connectivity index (χ2v) is 4.79. The van der Waals surface area contributed by atoms with Gasteiger partial charge < -0.3 is 10.0 Å². The summed E-state index contributed by atoms with van der Waals surface area (Å²) in [6, 6.07) is 6.49. The Labute approximate surface area is 102 Å². The smallest absolute Gasteiger partial charge is 0.123 e. The van der Waals surface area contributed by atoms with E-state index < -0.39 is 0 Å². The van der Waals surface area contributed by atoms with Gasteiger partial charge in [-0.3, -0.25) is 0 Å². The highest BCUT2D eigenvalue weighted by Gasteiger charge is 2.17. The molecule has 0 radical (unpaired) electrons. The van der Waals surface area contributed by atoms with Gasteiger partial charge in [-0.15, -0.1) is 0 Å². The molecule has 1 N–H and O–H groups in total. The fourth-order valence-electron chi connectivity index (χ4n) is 2.46. The third kappa shape index (κ3) is 3.51. The summed E-state index contributed by atoms with van der Waals surface area (Å²) in [4.78, 5) is 2.40. The van der Waals surface area contributed by atoms with Crippen LogP contribution in [0.15, 0.2) is 24.3 Å². The van der Waals surface area contributed by atoms with Crippen LogP contribution in [0.5, 0.6) is 0 Å². The molecular formula is C14H20FNO. The van der Waals surface area contributed by atoms with Gasteiger partial charge in [0.25, 0.3) is 0 Å². The Morgan fingerprint density at radius 1 is 1.12 bits per heavy atom. The lowest BCUT2D eigenvalue weighted by molar-refractivity contribution is 0.178. The number of hydrogen-bond donors (Lipinski definition) is 1. The van der Waals surface area contributed by atoms with Crippen molar-refractivity contribution in [3.8, 4) is 0 Å². The van der Waals surface area contributed by atoms with Gasteiger partial charge in [0.1, 0.15) is 5.82 Å². The second kappa shape index (κ2) is 6.12. The van der Waals surface area contributed by atoms with E-state index in [0.29, 0.717) is 0 Å². The first-order valence-electron chi connectivity index (χ1n) is 6.38. The number of likely N-dealkylation sites (tertiary alicyclic amines) is 1. The molecule has 2 rings (SSSR count). The Balaban J connectivity index is 1.97. The average Bonchev–Trinajstić information content (AvgIpc) is 2.38. The number of piperidine rings is 1. The average molecular weight is 237 g/mol. The van der Waals surface area contributed by atoms with Crippen LogP contribution in [0.3, 0.4) is 0 Å². The molecule has 0 spiro atoms. The fraction of sp³-hybridized carbons (Fsp3) is 0.571. The highest BCUT2D eigenvalue weighted by Crippen LogP contribution is 2.19. The van der Waals surface area contributed by atoms with Gasteiger partial charge in [-0.25, -0.2) is 4.39 Å². The zero-order valence-corrected chi connectivity index (χ0v) is 10.1. The lowest BCUT2D eigenvalue weighted by Gasteiger charge is -2.29. The molecule has 0 aromatic heterocycles. The minimum Gasteiger partial charge on any atom is -0.396 e. The molecule has 0 amide bonds. The lowest BCUT2D eigenvalue weighted by atomic mass is 9.98. The highest BCUT2D eigenvalue weighted by atomic mass is 19.1. The molecule has 1 aliphatic rings. The van der Waals surface area contributed by atoms with Crippen molar-refractivity contribution < 1.29 is 9.50 Å². The number of halogens is 1. The van der Waals surface area contributed by atoms with Gasteiger partial charge in [-0.1, -0.05) is 18.6 Å². The molecule has 0 bridgehead atoms. The van der Waals surface area contributed by atoms with Crippen LogP contribution in [0.4, 0.5) is 4.39 Å². The largest absolute Gasteiger partial charge is 0.396 e. The van der Waals surface area contributed by atoms with Crippen molar-refractivity contribution in [1.29, 1.82) is 0 Å². The van der Waals surface area contributed by atoms with Crippen LogP contribution in [0.1, 0.15) is 30.7 Å². The van der Waals surface area contributed by atoms with Crippen molar-refractivity contribution in [3.05, 3.63) is 35.6 Å². The molecule has 1 aliphatic heterocycles. The molecule has 1 unspecified atom stereocenters. The van der Waals surface area contributed by atoms with Crippen molar-refractivity contribution in [2.45, 2.75) is 25.2 Å². The molecule has 1 aromatic carbocycles. The van der Waals surface area contributed by atoms with E-state index in [4.69, 9.17) is 0 Å². The number of aliphatic hydroxyl groups excluding tert-OH is 1. The fourth-order valence-corrected chi connectivity index (χ4v) is 2.46. The van der Waals surface area contributed by atoms with E-state index in [-0.39, 0.29) is 18.3 Å². The zero-order valence-electron chi connectivity index (χ0n) is 10.1. The second-order valence-electron chi connectivity index (χ2n) is 4.79. The summed E-state index contributed by atoms with van der Waals surface area (Å²) in [7, 11) is 0. The molecule has 3 heteroatoms. The topological polar surface area (TPSA) is 23.5 Å². The standard InChI is InChI=1S/C14H20FNO/c15-14-6-4-12(5-7-14)13(11-17)10-16-8-2-1-3-9-16/h4-7,13,17H,1-3,8-11H2. The summed E-state index contributed by atoms with van der Waals surface area (Å²) in [5.74, 6) is -0.114. The minimum absolute atomic E-state index is 0.105. The highest BCUT2D eigenvalue weighted by molar-refractivity contribution is 5.21. The van der Waals surface area contributed by atoms with E-state index in [1.807, 2.05) is 0 Å². The van der Waals surface area contributed by atoms with E-state index >= 15 is 0 Å². The molecule has 1 saturated heterocycles. The van der Waals surface area contributed by atoms with E-state index in [1.54, 1.807) is 12.1 Å². The van der Waals surface area contributed by atoms with Crippen LogP contribution < -0.4 is 0 Å². The maximum Gasteiger partial charge on any atom is 0.123 e. The monoisotopic (exact) mass is 237 g/mol. The van der Waals surface area contributed by atoms with Crippen molar-refractivity contribution in [2.24, 2.45) is 0 Å². The Morgan fingerprint density at radius 3 is 2.35 bits per heavy atom. The predicted octanol–water partition coefficient (Wildman–Crippen LogP) is 2.39. The van der Waals surface area contributed by atoms with Gasteiger partial charge >= 0.3 is 0 Å². The number of hydrogen-bond acceptors (Lipinski definition) is 2. The molecule has 94 valence electrons. The third-order valence-electron chi connectivity index (χ3n) is 3.49. The van der Waals surface area contributed by atoms with Gasteiger partial charge in [-0.05, 0) is 43.6 Å². The van der Waals surface area contributed by atoms with E-state index in [1.165, 1.54) is 31.4 Å². The van der Waals surface area contributed by atoms with Crippen molar-refractivity contribution in [1.82, 2.24) is 4.90 Å². The predicted molar refractivity (Wildman–Crippen MR) is 66.5 cm³/mol.